The fourth-order valence-electron chi connectivity index (χ4n) is 4.74. The third kappa shape index (κ3) is 6.00. The van der Waals surface area contributed by atoms with Crippen molar-refractivity contribution in [3.8, 4) is 28.6 Å². The van der Waals surface area contributed by atoms with Gasteiger partial charge in [0.25, 0.3) is 0 Å². The third-order valence-corrected chi connectivity index (χ3v) is 7.09. The van der Waals surface area contributed by atoms with Gasteiger partial charge in [0.05, 0.1) is 6.61 Å². The van der Waals surface area contributed by atoms with Gasteiger partial charge in [-0.05, 0) is 24.3 Å². The highest BCUT2D eigenvalue weighted by Gasteiger charge is 2.49. The number of carboxylic acids is 1. The number of phenols is 2. The van der Waals surface area contributed by atoms with Crippen LogP contribution in [-0.4, -0.2) is 120 Å². The molecule has 10 atom stereocenters. The van der Waals surface area contributed by atoms with Gasteiger partial charge in [0.15, 0.2) is 17.8 Å². The number of aliphatic carboxylic acids is 1. The molecule has 9 N–H and O–H groups in total. The Bertz CT molecular complexity index is 1520. The summed E-state index contributed by atoms with van der Waals surface area (Å²) < 4.78 is 27.2. The van der Waals surface area contributed by atoms with Crippen molar-refractivity contribution < 1.29 is 74.1 Å². The highest BCUT2D eigenvalue weighted by Crippen LogP contribution is 2.34. The normalized spacial score (nSPS) is 32.9. The van der Waals surface area contributed by atoms with Gasteiger partial charge in [0.1, 0.15) is 76.7 Å². The van der Waals surface area contributed by atoms with E-state index < -0.39 is 85.2 Å². The summed E-state index contributed by atoms with van der Waals surface area (Å²) in [6.07, 6.45) is -18.2. The number of rotatable bonds is 7. The van der Waals surface area contributed by atoms with E-state index in [1.165, 1.54) is 30.3 Å². The van der Waals surface area contributed by atoms with Crippen molar-refractivity contribution in [2.24, 2.45) is 0 Å². The summed E-state index contributed by atoms with van der Waals surface area (Å²) in [5, 5.41) is 90.3. The van der Waals surface area contributed by atoms with Gasteiger partial charge >= 0.3 is 5.97 Å². The van der Waals surface area contributed by atoms with Gasteiger partial charge in [-0.3, -0.25) is 4.79 Å². The largest absolute Gasteiger partial charge is 0.508 e. The first-order valence-electron chi connectivity index (χ1n) is 12.9. The lowest BCUT2D eigenvalue weighted by molar-refractivity contribution is -0.318. The predicted molar refractivity (Wildman–Crippen MR) is 139 cm³/mol. The lowest BCUT2D eigenvalue weighted by Crippen LogP contribution is -2.62. The number of carboxylic acid groups (broad SMARTS) is 1. The summed E-state index contributed by atoms with van der Waals surface area (Å²) in [4.78, 5) is 24.0. The Morgan fingerprint density at radius 1 is 0.791 bits per heavy atom. The van der Waals surface area contributed by atoms with Crippen molar-refractivity contribution >= 4 is 16.9 Å². The van der Waals surface area contributed by atoms with Crippen LogP contribution in [0.25, 0.3) is 22.3 Å². The zero-order chi connectivity index (χ0) is 31.2. The molecule has 2 fully saturated rings. The van der Waals surface area contributed by atoms with Crippen molar-refractivity contribution in [2.45, 2.75) is 61.4 Å². The number of aliphatic hydroxyl groups excluding tert-OH is 6. The van der Waals surface area contributed by atoms with Gasteiger partial charge in [-0.2, -0.15) is 0 Å². The molecular weight excluding hydrogens is 580 g/mol. The maximum Gasteiger partial charge on any atom is 0.335 e. The molecule has 0 saturated carbocycles. The molecule has 16 heteroatoms. The molecule has 0 bridgehead atoms. The minimum absolute atomic E-state index is 0.00874. The van der Waals surface area contributed by atoms with E-state index in [9.17, 15) is 55.5 Å². The van der Waals surface area contributed by atoms with E-state index in [4.69, 9.17) is 23.4 Å². The number of benzene rings is 2. The Hall–Kier alpha value is -3.84. The molecule has 43 heavy (non-hydrogen) atoms. The first kappa shape index (κ1) is 30.6. The Morgan fingerprint density at radius 2 is 1.44 bits per heavy atom. The topological polar surface area (TPSA) is 266 Å². The average molecular weight is 609 g/mol. The second-order valence-electron chi connectivity index (χ2n) is 10.0. The van der Waals surface area contributed by atoms with E-state index in [-0.39, 0.29) is 28.2 Å². The molecule has 3 aromatic rings. The van der Waals surface area contributed by atoms with E-state index >= 15 is 0 Å². The van der Waals surface area contributed by atoms with Crippen LogP contribution in [0, 0.1) is 0 Å². The molecule has 3 heterocycles. The van der Waals surface area contributed by atoms with E-state index in [2.05, 4.69) is 0 Å². The molecule has 2 aliphatic heterocycles. The fourth-order valence-corrected chi connectivity index (χ4v) is 4.74. The molecule has 0 aliphatic carbocycles. The molecule has 5 rings (SSSR count). The highest BCUT2D eigenvalue weighted by atomic mass is 16.7. The van der Waals surface area contributed by atoms with Gasteiger partial charge in [0.2, 0.25) is 6.29 Å². The SMILES string of the molecule is O=C(O)[C@H]1O[C@@H](OC[C@H]2O[C@@H](Oc3cc(O)c4c(=O)cc(-c5ccc(O)cc5)oc4c3)[C@H](O)[C@@H](O)[C@@H]2O)[C@H](O)[C@@H](O)[C@@H]1O. The van der Waals surface area contributed by atoms with Gasteiger partial charge in [-0.25, -0.2) is 4.79 Å². The second kappa shape index (κ2) is 12.0. The van der Waals surface area contributed by atoms with Crippen LogP contribution in [-0.2, 0) is 19.0 Å². The van der Waals surface area contributed by atoms with Crippen LogP contribution >= 0.6 is 0 Å². The molecular formula is C27H28O16. The first-order chi connectivity index (χ1) is 20.3. The number of ether oxygens (including phenoxy) is 4. The second-order valence-corrected chi connectivity index (χ2v) is 10.0. The minimum Gasteiger partial charge on any atom is -0.508 e. The molecule has 0 unspecified atom stereocenters. The van der Waals surface area contributed by atoms with Crippen LogP contribution in [0.1, 0.15) is 0 Å². The lowest BCUT2D eigenvalue weighted by Gasteiger charge is -2.42. The van der Waals surface area contributed by atoms with Gasteiger partial charge in [-0.1, -0.05) is 0 Å². The Labute approximate surface area is 240 Å². The van der Waals surface area contributed by atoms with E-state index in [0.717, 1.165) is 12.1 Å². The van der Waals surface area contributed by atoms with Crippen LogP contribution in [0.4, 0.5) is 0 Å². The van der Waals surface area contributed by atoms with E-state index in [0.29, 0.717) is 5.56 Å². The highest BCUT2D eigenvalue weighted by molar-refractivity contribution is 5.86. The van der Waals surface area contributed by atoms with Crippen molar-refractivity contribution in [1.82, 2.24) is 0 Å². The minimum atomic E-state index is -1.96. The molecule has 16 nitrogen and oxygen atoms in total. The van der Waals surface area contributed by atoms with E-state index in [1.807, 2.05) is 0 Å². The zero-order valence-electron chi connectivity index (χ0n) is 21.9. The van der Waals surface area contributed by atoms with Crippen LogP contribution < -0.4 is 10.2 Å². The number of hydrogen-bond donors (Lipinski definition) is 9. The predicted octanol–water partition coefficient (Wildman–Crippen LogP) is -2.03. The standard InChI is InChI=1S/C27H28O16/c28-10-3-1-9(2-4-10)14-7-13(30)17-12(29)5-11(6-15(17)41-14)40-27-23(36)19(32)18(31)16(42-27)8-39-26-22(35)20(33)21(34)24(43-26)25(37)38/h1-7,16,18-24,26-29,31-36H,8H2,(H,37,38)/t16-,18-,19+,20+,21+,22-,23-,24+,26-,27-/m1/s1. The van der Waals surface area contributed by atoms with Gasteiger partial charge < -0.3 is 69.3 Å². The van der Waals surface area contributed by atoms with Crippen LogP contribution in [0.5, 0.6) is 17.2 Å². The smallest absolute Gasteiger partial charge is 0.335 e. The quantitative estimate of drug-likeness (QED) is 0.140. The number of aromatic hydroxyl groups is 2. The molecule has 0 radical (unpaired) electrons. The van der Waals surface area contributed by atoms with Crippen LogP contribution in [0.3, 0.4) is 0 Å². The van der Waals surface area contributed by atoms with Crippen molar-refractivity contribution in [1.29, 1.82) is 0 Å². The third-order valence-electron chi connectivity index (χ3n) is 7.09. The van der Waals surface area contributed by atoms with Gasteiger partial charge in [-0.15, -0.1) is 0 Å². The Kier molecular flexibility index (Phi) is 8.57. The Balaban J connectivity index is 1.35. The molecule has 2 aromatic carbocycles. The lowest BCUT2D eigenvalue weighted by atomic mass is 9.98. The summed E-state index contributed by atoms with van der Waals surface area (Å²) in [5.41, 5.74) is -0.265. The average Bonchev–Trinajstić information content (AvgIpc) is 2.96. The molecule has 1 aromatic heterocycles. The fraction of sp³-hybridized carbons (Fsp3) is 0.407. The molecule has 2 aliphatic rings. The van der Waals surface area contributed by atoms with E-state index in [1.54, 1.807) is 0 Å². The van der Waals surface area contributed by atoms with Crippen LogP contribution in [0.15, 0.2) is 51.7 Å². The molecule has 232 valence electrons. The summed E-state index contributed by atoms with van der Waals surface area (Å²) in [6, 6.07) is 9.17. The summed E-state index contributed by atoms with van der Waals surface area (Å²) >= 11 is 0. The maximum atomic E-state index is 12.7. The van der Waals surface area contributed by atoms with Crippen molar-refractivity contribution in [3.05, 3.63) is 52.7 Å². The van der Waals surface area contributed by atoms with Gasteiger partial charge in [0, 0.05) is 23.8 Å². The molecule has 0 spiro atoms. The monoisotopic (exact) mass is 608 g/mol. The number of hydrogen-bond acceptors (Lipinski definition) is 15. The molecule has 0 amide bonds. The maximum absolute atomic E-state index is 12.7. The number of fused-ring (bicyclic) bond motifs is 1. The molecule has 2 saturated heterocycles. The summed E-state index contributed by atoms with van der Waals surface area (Å²) in [7, 11) is 0. The number of aliphatic hydroxyl groups is 6. The summed E-state index contributed by atoms with van der Waals surface area (Å²) in [5.74, 6) is -2.27. The van der Waals surface area contributed by atoms with Crippen molar-refractivity contribution in [2.75, 3.05) is 6.61 Å². The van der Waals surface area contributed by atoms with Crippen molar-refractivity contribution in [3.63, 3.8) is 0 Å². The first-order valence-corrected chi connectivity index (χ1v) is 12.9. The number of phenolic OH excluding ortho intramolecular Hbond substituents is 2. The zero-order valence-corrected chi connectivity index (χ0v) is 21.9. The Morgan fingerprint density at radius 3 is 2.12 bits per heavy atom. The van der Waals surface area contributed by atoms with Crippen LogP contribution in [0.2, 0.25) is 0 Å². The summed E-state index contributed by atoms with van der Waals surface area (Å²) in [6.45, 7) is -0.685. The number of carbonyl (C=O) groups is 1.